The van der Waals surface area contributed by atoms with E-state index in [1.54, 1.807) is 19.2 Å². The van der Waals surface area contributed by atoms with Gasteiger partial charge in [0, 0.05) is 28.1 Å². The summed E-state index contributed by atoms with van der Waals surface area (Å²) in [6.45, 7) is 6.10. The first-order valence-electron chi connectivity index (χ1n) is 10.1. The van der Waals surface area contributed by atoms with Crippen LogP contribution in [0.2, 0.25) is 5.02 Å². The van der Waals surface area contributed by atoms with Gasteiger partial charge in [0.05, 0.1) is 25.4 Å². The minimum atomic E-state index is -0.628. The molecular weight excluding hydrogens is 434 g/mol. The number of halogens is 1. The second-order valence-corrected chi connectivity index (χ2v) is 8.26. The zero-order valence-electron chi connectivity index (χ0n) is 17.9. The van der Waals surface area contributed by atoms with Crippen molar-refractivity contribution in [2.24, 2.45) is 5.11 Å². The number of azide groups is 1. The molecule has 0 radical (unpaired) electrons. The monoisotopic (exact) mass is 455 g/mol. The Hall–Kier alpha value is -3.49. The molecule has 1 unspecified atom stereocenters. The van der Waals surface area contributed by atoms with Crippen LogP contribution < -0.4 is 10.1 Å². The molecule has 0 amide bonds. The summed E-state index contributed by atoms with van der Waals surface area (Å²) in [7, 11) is 0. The van der Waals surface area contributed by atoms with Crippen molar-refractivity contribution in [1.29, 1.82) is 0 Å². The Labute approximate surface area is 189 Å². The van der Waals surface area contributed by atoms with Crippen molar-refractivity contribution in [2.45, 2.75) is 38.8 Å². The number of benzene rings is 1. The number of nitrogens with zero attached hydrogens (tertiary/aromatic N) is 6. The van der Waals surface area contributed by atoms with Crippen LogP contribution in [0.1, 0.15) is 48.3 Å². The molecule has 1 aliphatic rings. The van der Waals surface area contributed by atoms with Gasteiger partial charge in [-0.2, -0.15) is 5.10 Å². The fourth-order valence-corrected chi connectivity index (χ4v) is 4.06. The van der Waals surface area contributed by atoms with E-state index in [0.717, 1.165) is 16.9 Å². The maximum absolute atomic E-state index is 12.2. The summed E-state index contributed by atoms with van der Waals surface area (Å²) in [4.78, 5) is 19.6. The molecule has 0 aliphatic carbocycles. The maximum atomic E-state index is 12.2. The molecule has 1 N–H and O–H groups in total. The van der Waals surface area contributed by atoms with E-state index < -0.39 is 11.6 Å². The third-order valence-corrected chi connectivity index (χ3v) is 5.45. The van der Waals surface area contributed by atoms with Crippen molar-refractivity contribution in [3.63, 3.8) is 0 Å². The topological polar surface area (TPSA) is 127 Å². The first kappa shape index (κ1) is 21.7. The van der Waals surface area contributed by atoms with Crippen molar-refractivity contribution in [2.75, 3.05) is 18.5 Å². The summed E-state index contributed by atoms with van der Waals surface area (Å²) >= 11 is 6.38. The van der Waals surface area contributed by atoms with Gasteiger partial charge in [-0.15, -0.1) is 0 Å². The minimum absolute atomic E-state index is 0.215. The molecule has 11 heteroatoms. The third-order valence-electron chi connectivity index (χ3n) is 5.24. The van der Waals surface area contributed by atoms with Gasteiger partial charge < -0.3 is 14.8 Å². The van der Waals surface area contributed by atoms with Gasteiger partial charge in [-0.25, -0.2) is 14.3 Å². The fraction of sp³-hybridized carbons (Fsp3) is 0.381. The molecule has 0 spiro atoms. The van der Waals surface area contributed by atoms with Crippen LogP contribution in [-0.4, -0.2) is 39.3 Å². The number of fused-ring (bicyclic) bond motifs is 2. The lowest BCUT2D eigenvalue weighted by molar-refractivity contribution is 0.0528. The Morgan fingerprint density at radius 2 is 2.34 bits per heavy atom. The average Bonchev–Trinajstić information content (AvgIpc) is 3.32. The number of anilines is 1. The molecule has 1 aliphatic heterocycles. The smallest absolute Gasteiger partial charge is 0.343 e. The lowest BCUT2D eigenvalue weighted by Gasteiger charge is -2.23. The van der Waals surface area contributed by atoms with Crippen LogP contribution in [0.3, 0.4) is 0 Å². The SMILES string of the molecule is CCOC(=O)c1cnn2ccc(N[C@H](C)c3cc(Cl)cc4c3OC(C)(CN=[N+]=[N-])C4)nc12. The van der Waals surface area contributed by atoms with Gasteiger partial charge in [-0.1, -0.05) is 16.7 Å². The first-order chi connectivity index (χ1) is 15.3. The van der Waals surface area contributed by atoms with Gasteiger partial charge in [0.25, 0.3) is 0 Å². The summed E-state index contributed by atoms with van der Waals surface area (Å²) < 4.78 is 12.8. The summed E-state index contributed by atoms with van der Waals surface area (Å²) in [5.41, 5.74) is 10.6. The summed E-state index contributed by atoms with van der Waals surface area (Å²) in [6.07, 6.45) is 3.75. The van der Waals surface area contributed by atoms with Crippen LogP contribution >= 0.6 is 11.6 Å². The summed E-state index contributed by atoms with van der Waals surface area (Å²) in [6, 6.07) is 5.27. The van der Waals surface area contributed by atoms with Crippen molar-refractivity contribution in [1.82, 2.24) is 14.6 Å². The van der Waals surface area contributed by atoms with E-state index in [9.17, 15) is 4.79 Å². The normalized spacial score (nSPS) is 17.9. The molecule has 10 nitrogen and oxygen atoms in total. The number of hydrogen-bond acceptors (Lipinski definition) is 7. The highest BCUT2D eigenvalue weighted by molar-refractivity contribution is 6.30. The molecule has 0 saturated heterocycles. The van der Waals surface area contributed by atoms with Crippen LogP contribution in [0.4, 0.5) is 5.82 Å². The highest BCUT2D eigenvalue weighted by Gasteiger charge is 2.36. The Balaban J connectivity index is 1.62. The number of hydrogen-bond donors (Lipinski definition) is 1. The zero-order chi connectivity index (χ0) is 22.9. The maximum Gasteiger partial charge on any atom is 0.343 e. The quantitative estimate of drug-likeness (QED) is 0.237. The number of rotatable bonds is 7. The van der Waals surface area contributed by atoms with Crippen molar-refractivity contribution in [3.05, 3.63) is 62.7 Å². The molecule has 0 bridgehead atoms. The molecule has 0 fully saturated rings. The Kier molecular flexibility index (Phi) is 5.82. The number of esters is 1. The second-order valence-electron chi connectivity index (χ2n) is 7.83. The molecule has 0 saturated carbocycles. The number of carbonyl (C=O) groups is 1. The number of ether oxygens (including phenoxy) is 2. The largest absolute Gasteiger partial charge is 0.486 e. The van der Waals surface area contributed by atoms with Crippen LogP contribution in [-0.2, 0) is 11.2 Å². The summed E-state index contributed by atoms with van der Waals surface area (Å²) in [5, 5.41) is 11.8. The van der Waals surface area contributed by atoms with Gasteiger partial charge >= 0.3 is 5.97 Å². The van der Waals surface area contributed by atoms with Crippen LogP contribution in [0.25, 0.3) is 16.1 Å². The van der Waals surface area contributed by atoms with Crippen LogP contribution in [0.15, 0.2) is 35.7 Å². The highest BCUT2D eigenvalue weighted by atomic mass is 35.5. The molecular formula is C21H22ClN7O3. The Morgan fingerprint density at radius 1 is 1.53 bits per heavy atom. The molecule has 32 heavy (non-hydrogen) atoms. The lowest BCUT2D eigenvalue weighted by atomic mass is 9.97. The predicted molar refractivity (Wildman–Crippen MR) is 119 cm³/mol. The molecule has 166 valence electrons. The van der Waals surface area contributed by atoms with E-state index >= 15 is 0 Å². The molecule has 3 aromatic rings. The molecule has 4 rings (SSSR count). The van der Waals surface area contributed by atoms with E-state index in [0.29, 0.717) is 28.5 Å². The molecule has 3 heterocycles. The van der Waals surface area contributed by atoms with Gasteiger partial charge in [0.15, 0.2) is 5.65 Å². The van der Waals surface area contributed by atoms with Crippen molar-refractivity contribution in [3.8, 4) is 5.75 Å². The minimum Gasteiger partial charge on any atom is -0.486 e. The average molecular weight is 456 g/mol. The van der Waals surface area contributed by atoms with Crippen molar-refractivity contribution >= 4 is 29.0 Å². The fourth-order valence-electron chi connectivity index (χ4n) is 3.81. The predicted octanol–water partition coefficient (Wildman–Crippen LogP) is 4.74. The van der Waals surface area contributed by atoms with E-state index in [1.807, 2.05) is 26.0 Å². The van der Waals surface area contributed by atoms with Gasteiger partial charge in [0.1, 0.15) is 22.7 Å². The van der Waals surface area contributed by atoms with E-state index in [4.69, 9.17) is 26.6 Å². The van der Waals surface area contributed by atoms with Crippen LogP contribution in [0.5, 0.6) is 5.75 Å². The molecule has 2 aromatic heterocycles. The number of nitrogens with one attached hydrogen (secondary N) is 1. The van der Waals surface area contributed by atoms with E-state index in [2.05, 4.69) is 25.4 Å². The molecule has 2 atom stereocenters. The third kappa shape index (κ3) is 4.15. The van der Waals surface area contributed by atoms with Crippen LogP contribution in [0, 0.1) is 0 Å². The van der Waals surface area contributed by atoms with E-state index in [-0.39, 0.29) is 19.2 Å². The first-order valence-corrected chi connectivity index (χ1v) is 10.5. The molecule has 1 aromatic carbocycles. The van der Waals surface area contributed by atoms with Gasteiger partial charge in [-0.3, -0.25) is 0 Å². The standard InChI is InChI=1S/C21H22ClN7O3/c1-4-31-20(30)16-10-25-29-6-5-17(27-19(16)29)26-12(2)15-8-14(22)7-13-9-21(3,11-24-28-23)32-18(13)15/h5-8,10,12H,4,9,11H2,1-3H3,(H,26,27)/t12-,21?/m1/s1. The van der Waals surface area contributed by atoms with Gasteiger partial charge in [0.2, 0.25) is 0 Å². The zero-order valence-corrected chi connectivity index (χ0v) is 18.6. The Bertz CT molecular complexity index is 1240. The highest BCUT2D eigenvalue weighted by Crippen LogP contribution is 2.42. The lowest BCUT2D eigenvalue weighted by Crippen LogP contribution is -2.33. The summed E-state index contributed by atoms with van der Waals surface area (Å²) in [5.74, 6) is 0.808. The van der Waals surface area contributed by atoms with E-state index in [1.165, 1.54) is 10.7 Å². The van der Waals surface area contributed by atoms with Gasteiger partial charge in [-0.05, 0) is 50.1 Å². The number of carbonyl (C=O) groups excluding carboxylic acids is 1. The van der Waals surface area contributed by atoms with Crippen molar-refractivity contribution < 1.29 is 14.3 Å². The second kappa shape index (κ2) is 8.57. The number of aromatic nitrogens is 3. The Morgan fingerprint density at radius 3 is 3.09 bits per heavy atom.